The summed E-state index contributed by atoms with van der Waals surface area (Å²) in [6, 6.07) is 7.54. The minimum absolute atomic E-state index is 0.0953. The van der Waals surface area contributed by atoms with E-state index in [0.29, 0.717) is 0 Å². The Balaban J connectivity index is 2.76. The van der Waals surface area contributed by atoms with E-state index in [1.165, 1.54) is 7.11 Å². The number of rotatable bonds is 5. The van der Waals surface area contributed by atoms with Gasteiger partial charge >= 0.3 is 0 Å². The summed E-state index contributed by atoms with van der Waals surface area (Å²) in [6.45, 7) is 5.40. The van der Waals surface area contributed by atoms with Crippen molar-refractivity contribution in [2.45, 2.75) is 32.4 Å². The molecule has 0 unspecified atom stereocenters. The van der Waals surface area contributed by atoms with E-state index in [9.17, 15) is 4.79 Å². The Morgan fingerprint density at radius 3 is 2.56 bits per heavy atom. The predicted molar refractivity (Wildman–Crippen MR) is 70.6 cm³/mol. The molecule has 0 saturated heterocycles. The summed E-state index contributed by atoms with van der Waals surface area (Å²) in [5, 5.41) is 2.92. The van der Waals surface area contributed by atoms with Crippen LogP contribution in [0.5, 0.6) is 5.75 Å². The Morgan fingerprint density at radius 1 is 1.33 bits per heavy atom. The van der Waals surface area contributed by atoms with Gasteiger partial charge in [-0.3, -0.25) is 4.79 Å². The first-order valence-corrected chi connectivity index (χ1v) is 5.90. The molecule has 1 N–H and O–H groups in total. The Kier molecular flexibility index (Phi) is 4.73. The lowest BCUT2D eigenvalue weighted by atomic mass is 10.1. The van der Waals surface area contributed by atoms with Crippen molar-refractivity contribution < 1.29 is 14.3 Å². The summed E-state index contributed by atoms with van der Waals surface area (Å²) >= 11 is 0. The zero-order chi connectivity index (χ0) is 13.8. The number of ether oxygens (including phenoxy) is 2. The van der Waals surface area contributed by atoms with Crippen LogP contribution in [-0.4, -0.2) is 25.7 Å². The van der Waals surface area contributed by atoms with Crippen molar-refractivity contribution in [2.24, 2.45) is 0 Å². The predicted octanol–water partition coefficient (Wildman–Crippen LogP) is 2.30. The molecule has 0 bridgehead atoms. The van der Waals surface area contributed by atoms with Gasteiger partial charge in [0, 0.05) is 7.11 Å². The summed E-state index contributed by atoms with van der Waals surface area (Å²) < 4.78 is 10.3. The van der Waals surface area contributed by atoms with Crippen LogP contribution in [0, 0.1) is 0 Å². The van der Waals surface area contributed by atoms with Crippen LogP contribution in [0.15, 0.2) is 24.3 Å². The van der Waals surface area contributed by atoms with E-state index < -0.39 is 5.60 Å². The third kappa shape index (κ3) is 3.47. The number of nitrogens with one attached hydrogen (secondary N) is 1. The van der Waals surface area contributed by atoms with E-state index in [2.05, 4.69) is 5.32 Å². The second kappa shape index (κ2) is 5.87. The Hall–Kier alpha value is -1.55. The minimum Gasteiger partial charge on any atom is -0.497 e. The van der Waals surface area contributed by atoms with Crippen molar-refractivity contribution in [3.8, 4) is 5.75 Å². The summed E-state index contributed by atoms with van der Waals surface area (Å²) in [4.78, 5) is 12.0. The zero-order valence-corrected chi connectivity index (χ0v) is 11.6. The van der Waals surface area contributed by atoms with E-state index in [1.807, 2.05) is 31.2 Å². The van der Waals surface area contributed by atoms with Gasteiger partial charge in [-0.15, -0.1) is 0 Å². The molecule has 18 heavy (non-hydrogen) atoms. The molecular weight excluding hydrogens is 230 g/mol. The van der Waals surface area contributed by atoms with E-state index in [-0.39, 0.29) is 11.9 Å². The lowest BCUT2D eigenvalue weighted by Crippen LogP contribution is -2.44. The molecule has 0 aromatic heterocycles. The molecule has 4 heteroatoms. The number of methoxy groups -OCH3 is 2. The van der Waals surface area contributed by atoms with Crippen LogP contribution in [0.3, 0.4) is 0 Å². The van der Waals surface area contributed by atoms with Gasteiger partial charge in [-0.05, 0) is 38.5 Å². The summed E-state index contributed by atoms with van der Waals surface area (Å²) in [5.41, 5.74) is 0.169. The fourth-order valence-corrected chi connectivity index (χ4v) is 1.46. The molecule has 0 heterocycles. The maximum Gasteiger partial charge on any atom is 0.252 e. The van der Waals surface area contributed by atoms with Gasteiger partial charge in [-0.1, -0.05) is 12.1 Å². The summed E-state index contributed by atoms with van der Waals surface area (Å²) in [5.74, 6) is 0.639. The van der Waals surface area contributed by atoms with Gasteiger partial charge in [0.1, 0.15) is 11.4 Å². The highest BCUT2D eigenvalue weighted by Gasteiger charge is 2.28. The topological polar surface area (TPSA) is 47.6 Å². The molecule has 0 saturated carbocycles. The number of benzene rings is 1. The van der Waals surface area contributed by atoms with Crippen LogP contribution >= 0.6 is 0 Å². The molecule has 0 radical (unpaired) electrons. The highest BCUT2D eigenvalue weighted by atomic mass is 16.5. The van der Waals surface area contributed by atoms with Crippen molar-refractivity contribution in [1.82, 2.24) is 5.32 Å². The lowest BCUT2D eigenvalue weighted by molar-refractivity contribution is -0.140. The van der Waals surface area contributed by atoms with Crippen molar-refractivity contribution >= 4 is 5.91 Å². The molecule has 1 rings (SSSR count). The van der Waals surface area contributed by atoms with E-state index in [1.54, 1.807) is 21.0 Å². The number of hydrogen-bond acceptors (Lipinski definition) is 3. The first-order valence-electron chi connectivity index (χ1n) is 5.90. The Bertz CT molecular complexity index is 415. The summed E-state index contributed by atoms with van der Waals surface area (Å²) in [7, 11) is 3.15. The van der Waals surface area contributed by atoms with Gasteiger partial charge < -0.3 is 14.8 Å². The quantitative estimate of drug-likeness (QED) is 0.873. The maximum atomic E-state index is 12.0. The molecule has 1 aromatic carbocycles. The highest BCUT2D eigenvalue weighted by molar-refractivity contribution is 5.84. The average Bonchev–Trinajstić information content (AvgIpc) is 2.38. The second-order valence-corrected chi connectivity index (χ2v) is 4.69. The van der Waals surface area contributed by atoms with Crippen LogP contribution in [0.25, 0.3) is 0 Å². The molecular formula is C14H21NO3. The van der Waals surface area contributed by atoms with Crippen LogP contribution in [0.4, 0.5) is 0 Å². The molecule has 0 aliphatic carbocycles. The average molecular weight is 251 g/mol. The third-order valence-electron chi connectivity index (χ3n) is 3.00. The smallest absolute Gasteiger partial charge is 0.252 e. The van der Waals surface area contributed by atoms with Crippen LogP contribution < -0.4 is 10.1 Å². The van der Waals surface area contributed by atoms with Gasteiger partial charge in [0.05, 0.1) is 13.2 Å². The molecule has 1 amide bonds. The van der Waals surface area contributed by atoms with E-state index >= 15 is 0 Å². The Labute approximate surface area is 108 Å². The Morgan fingerprint density at radius 2 is 2.00 bits per heavy atom. The van der Waals surface area contributed by atoms with Crippen LogP contribution in [0.1, 0.15) is 32.4 Å². The first kappa shape index (κ1) is 14.5. The fraction of sp³-hybridized carbons (Fsp3) is 0.500. The van der Waals surface area contributed by atoms with Crippen molar-refractivity contribution in [2.75, 3.05) is 14.2 Å². The van der Waals surface area contributed by atoms with E-state index in [0.717, 1.165) is 11.3 Å². The number of hydrogen-bond donors (Lipinski definition) is 1. The zero-order valence-electron chi connectivity index (χ0n) is 11.6. The molecule has 0 spiro atoms. The molecule has 0 aliphatic rings. The van der Waals surface area contributed by atoms with Crippen molar-refractivity contribution in [3.05, 3.63) is 29.8 Å². The number of carbonyl (C=O) groups excluding carboxylic acids is 1. The molecule has 100 valence electrons. The molecule has 4 nitrogen and oxygen atoms in total. The number of carbonyl (C=O) groups is 1. The molecule has 1 aromatic rings. The maximum absolute atomic E-state index is 12.0. The normalized spacial score (nSPS) is 12.9. The van der Waals surface area contributed by atoms with Gasteiger partial charge in [0.25, 0.3) is 5.91 Å². The summed E-state index contributed by atoms with van der Waals surface area (Å²) in [6.07, 6.45) is 0. The van der Waals surface area contributed by atoms with Gasteiger partial charge in [0.2, 0.25) is 0 Å². The standard InChI is InChI=1S/C14H21NO3/c1-10(15-13(16)14(2,3)18-5)11-7-6-8-12(9-11)17-4/h6-10H,1-5H3,(H,15,16)/t10-/m1/s1. The monoisotopic (exact) mass is 251 g/mol. The molecule has 0 aliphatic heterocycles. The van der Waals surface area contributed by atoms with Crippen molar-refractivity contribution in [1.29, 1.82) is 0 Å². The van der Waals surface area contributed by atoms with Crippen LogP contribution in [0.2, 0.25) is 0 Å². The van der Waals surface area contributed by atoms with Crippen molar-refractivity contribution in [3.63, 3.8) is 0 Å². The first-order chi connectivity index (χ1) is 8.40. The highest BCUT2D eigenvalue weighted by Crippen LogP contribution is 2.19. The SMILES string of the molecule is COc1cccc([C@@H](C)NC(=O)C(C)(C)OC)c1. The lowest BCUT2D eigenvalue weighted by Gasteiger charge is -2.24. The van der Waals surface area contributed by atoms with Gasteiger partial charge in [-0.25, -0.2) is 0 Å². The fourth-order valence-electron chi connectivity index (χ4n) is 1.46. The van der Waals surface area contributed by atoms with E-state index in [4.69, 9.17) is 9.47 Å². The number of amides is 1. The third-order valence-corrected chi connectivity index (χ3v) is 3.00. The molecule has 0 fully saturated rings. The minimum atomic E-state index is -0.826. The van der Waals surface area contributed by atoms with Gasteiger partial charge in [-0.2, -0.15) is 0 Å². The second-order valence-electron chi connectivity index (χ2n) is 4.69. The van der Waals surface area contributed by atoms with Gasteiger partial charge in [0.15, 0.2) is 0 Å². The molecule has 1 atom stereocenters. The largest absolute Gasteiger partial charge is 0.497 e. The van der Waals surface area contributed by atoms with Crippen LogP contribution in [-0.2, 0) is 9.53 Å².